The summed E-state index contributed by atoms with van der Waals surface area (Å²) in [6.45, 7) is 2.21. The van der Waals surface area contributed by atoms with Crippen LogP contribution >= 0.6 is 0 Å². The highest BCUT2D eigenvalue weighted by Crippen LogP contribution is 2.11. The van der Waals surface area contributed by atoms with Crippen molar-refractivity contribution >= 4 is 5.97 Å². The number of hydrogen-bond donors (Lipinski definition) is 0. The molecule has 0 bridgehead atoms. The van der Waals surface area contributed by atoms with E-state index in [9.17, 15) is 9.18 Å². The van der Waals surface area contributed by atoms with Gasteiger partial charge in [0.25, 0.3) is 0 Å². The van der Waals surface area contributed by atoms with E-state index in [0.717, 1.165) is 11.8 Å². The van der Waals surface area contributed by atoms with Gasteiger partial charge in [-0.25, -0.2) is 9.18 Å². The van der Waals surface area contributed by atoms with Crippen molar-refractivity contribution in [1.29, 1.82) is 0 Å². The number of rotatable bonds is 4. The summed E-state index contributed by atoms with van der Waals surface area (Å²) in [6.07, 6.45) is 1.02. The Hall–Kier alpha value is -2.17. The van der Waals surface area contributed by atoms with E-state index in [1.54, 1.807) is 6.92 Å². The molecule has 1 aromatic carbocycles. The molecule has 0 radical (unpaired) electrons. The molecule has 18 heavy (non-hydrogen) atoms. The van der Waals surface area contributed by atoms with E-state index in [1.807, 2.05) is 30.3 Å². The molecule has 0 amide bonds. The molecule has 0 aliphatic carbocycles. The largest absolute Gasteiger partial charge is 0.461 e. The molecule has 1 aromatic heterocycles. The number of nitrogens with zero attached hydrogens (tertiary/aromatic N) is 2. The first-order chi connectivity index (χ1) is 8.72. The van der Waals surface area contributed by atoms with E-state index in [0.29, 0.717) is 6.54 Å². The Morgan fingerprint density at radius 1 is 1.39 bits per heavy atom. The van der Waals surface area contributed by atoms with E-state index in [-0.39, 0.29) is 12.3 Å². The van der Waals surface area contributed by atoms with Crippen LogP contribution in [0.25, 0.3) is 0 Å². The van der Waals surface area contributed by atoms with Gasteiger partial charge in [0, 0.05) is 0 Å². The second-order valence-corrected chi connectivity index (χ2v) is 3.70. The molecule has 0 unspecified atom stereocenters. The molecular weight excluding hydrogens is 235 g/mol. The summed E-state index contributed by atoms with van der Waals surface area (Å²) in [4.78, 5) is 11.6. The first-order valence-electron chi connectivity index (χ1n) is 5.64. The Morgan fingerprint density at radius 3 is 2.78 bits per heavy atom. The number of halogens is 1. The van der Waals surface area contributed by atoms with Gasteiger partial charge in [-0.05, 0) is 12.5 Å². The van der Waals surface area contributed by atoms with Crippen LogP contribution in [0.5, 0.6) is 0 Å². The zero-order chi connectivity index (χ0) is 13.0. The molecule has 2 aromatic rings. The van der Waals surface area contributed by atoms with Gasteiger partial charge in [-0.3, -0.25) is 4.68 Å². The van der Waals surface area contributed by atoms with Crippen LogP contribution in [-0.2, 0) is 11.3 Å². The van der Waals surface area contributed by atoms with Gasteiger partial charge in [0.1, 0.15) is 0 Å². The van der Waals surface area contributed by atoms with Crippen molar-refractivity contribution in [1.82, 2.24) is 9.78 Å². The van der Waals surface area contributed by atoms with Gasteiger partial charge >= 0.3 is 5.97 Å². The summed E-state index contributed by atoms with van der Waals surface area (Å²) >= 11 is 0. The lowest BCUT2D eigenvalue weighted by Crippen LogP contribution is -2.15. The van der Waals surface area contributed by atoms with Crippen molar-refractivity contribution in [3.05, 3.63) is 53.6 Å². The zero-order valence-electron chi connectivity index (χ0n) is 9.97. The minimum absolute atomic E-state index is 0.138. The van der Waals surface area contributed by atoms with Gasteiger partial charge in [-0.2, -0.15) is 5.10 Å². The fourth-order valence-corrected chi connectivity index (χ4v) is 1.64. The van der Waals surface area contributed by atoms with Crippen LogP contribution in [0.2, 0.25) is 0 Å². The van der Waals surface area contributed by atoms with Crippen molar-refractivity contribution in [3.63, 3.8) is 0 Å². The number of aromatic nitrogens is 2. The van der Waals surface area contributed by atoms with Crippen LogP contribution in [0.15, 0.2) is 36.5 Å². The average molecular weight is 248 g/mol. The predicted molar refractivity (Wildman–Crippen MR) is 63.7 cm³/mol. The molecule has 0 aliphatic heterocycles. The SMILES string of the molecule is CCOC(=O)c1c(F)cnn1Cc1ccccc1. The average Bonchev–Trinajstić information content (AvgIpc) is 2.72. The van der Waals surface area contributed by atoms with Crippen LogP contribution < -0.4 is 0 Å². The van der Waals surface area contributed by atoms with Crippen LogP contribution in [-0.4, -0.2) is 22.4 Å². The smallest absolute Gasteiger partial charge is 0.359 e. The molecule has 0 aliphatic rings. The Bertz CT molecular complexity index is 537. The monoisotopic (exact) mass is 248 g/mol. The topological polar surface area (TPSA) is 44.1 Å². The highest BCUT2D eigenvalue weighted by molar-refractivity contribution is 5.87. The lowest BCUT2D eigenvalue weighted by atomic mass is 10.2. The molecule has 4 nitrogen and oxygen atoms in total. The Balaban J connectivity index is 2.26. The Labute approximate surface area is 104 Å². The van der Waals surface area contributed by atoms with Crippen molar-refractivity contribution < 1.29 is 13.9 Å². The number of carbonyl (C=O) groups is 1. The number of carbonyl (C=O) groups excluding carboxylic acids is 1. The van der Waals surface area contributed by atoms with E-state index >= 15 is 0 Å². The normalized spacial score (nSPS) is 10.3. The van der Waals surface area contributed by atoms with Gasteiger partial charge in [0.15, 0.2) is 11.5 Å². The van der Waals surface area contributed by atoms with Gasteiger partial charge in [0.05, 0.1) is 19.3 Å². The summed E-state index contributed by atoms with van der Waals surface area (Å²) < 4.78 is 19.6. The molecule has 0 spiro atoms. The number of benzene rings is 1. The molecule has 0 saturated carbocycles. The van der Waals surface area contributed by atoms with Crippen LogP contribution in [0.4, 0.5) is 4.39 Å². The Morgan fingerprint density at radius 2 is 2.11 bits per heavy atom. The second-order valence-electron chi connectivity index (χ2n) is 3.70. The van der Waals surface area contributed by atoms with Crippen molar-refractivity contribution in [2.45, 2.75) is 13.5 Å². The molecule has 0 atom stereocenters. The number of ether oxygens (including phenoxy) is 1. The molecule has 2 rings (SSSR count). The third-order valence-electron chi connectivity index (χ3n) is 2.44. The van der Waals surface area contributed by atoms with Gasteiger partial charge in [-0.1, -0.05) is 30.3 Å². The van der Waals surface area contributed by atoms with E-state index in [4.69, 9.17) is 4.74 Å². The quantitative estimate of drug-likeness (QED) is 0.779. The fourth-order valence-electron chi connectivity index (χ4n) is 1.64. The minimum Gasteiger partial charge on any atom is -0.461 e. The first kappa shape index (κ1) is 12.3. The maximum Gasteiger partial charge on any atom is 0.359 e. The van der Waals surface area contributed by atoms with Gasteiger partial charge in [-0.15, -0.1) is 0 Å². The van der Waals surface area contributed by atoms with Crippen LogP contribution in [0.1, 0.15) is 23.0 Å². The van der Waals surface area contributed by atoms with Gasteiger partial charge in [0.2, 0.25) is 0 Å². The molecule has 0 saturated heterocycles. The lowest BCUT2D eigenvalue weighted by Gasteiger charge is -2.06. The van der Waals surface area contributed by atoms with E-state index in [2.05, 4.69) is 5.10 Å². The standard InChI is InChI=1S/C13H13FN2O2/c1-2-18-13(17)12-11(14)8-15-16(12)9-10-6-4-3-5-7-10/h3-8H,2,9H2,1H3. The maximum atomic E-state index is 13.5. The van der Waals surface area contributed by atoms with Crippen molar-refractivity contribution in [2.24, 2.45) is 0 Å². The number of hydrogen-bond acceptors (Lipinski definition) is 3. The zero-order valence-corrected chi connectivity index (χ0v) is 9.97. The van der Waals surface area contributed by atoms with Crippen LogP contribution in [0, 0.1) is 5.82 Å². The van der Waals surface area contributed by atoms with Gasteiger partial charge < -0.3 is 4.74 Å². The molecule has 0 N–H and O–H groups in total. The molecular formula is C13H13FN2O2. The Kier molecular flexibility index (Phi) is 3.72. The second kappa shape index (κ2) is 5.44. The molecule has 94 valence electrons. The third-order valence-corrected chi connectivity index (χ3v) is 2.44. The highest BCUT2D eigenvalue weighted by atomic mass is 19.1. The summed E-state index contributed by atoms with van der Waals surface area (Å²) in [6, 6.07) is 9.40. The molecule has 5 heteroatoms. The summed E-state index contributed by atoms with van der Waals surface area (Å²) in [5.74, 6) is -1.35. The van der Waals surface area contributed by atoms with Crippen molar-refractivity contribution in [2.75, 3.05) is 6.61 Å². The lowest BCUT2D eigenvalue weighted by molar-refractivity contribution is 0.0507. The number of esters is 1. The van der Waals surface area contributed by atoms with Crippen LogP contribution in [0.3, 0.4) is 0 Å². The third kappa shape index (κ3) is 2.56. The maximum absolute atomic E-state index is 13.5. The fraction of sp³-hybridized carbons (Fsp3) is 0.231. The van der Waals surface area contributed by atoms with E-state index < -0.39 is 11.8 Å². The first-order valence-corrected chi connectivity index (χ1v) is 5.64. The van der Waals surface area contributed by atoms with Crippen molar-refractivity contribution in [3.8, 4) is 0 Å². The minimum atomic E-state index is -0.691. The van der Waals surface area contributed by atoms with E-state index in [1.165, 1.54) is 4.68 Å². The summed E-state index contributed by atoms with van der Waals surface area (Å²) in [5.41, 5.74) is 0.798. The highest BCUT2D eigenvalue weighted by Gasteiger charge is 2.19. The molecule has 0 fully saturated rings. The summed E-state index contributed by atoms with van der Waals surface area (Å²) in [7, 11) is 0. The predicted octanol–water partition coefficient (Wildman–Crippen LogP) is 2.25. The summed E-state index contributed by atoms with van der Waals surface area (Å²) in [5, 5.41) is 3.86. The molecule has 1 heterocycles.